The zero-order valence-electron chi connectivity index (χ0n) is 10.7. The molecule has 1 atom stereocenters. The fraction of sp³-hybridized carbons (Fsp3) is 1.00. The highest BCUT2D eigenvalue weighted by molar-refractivity contribution is 4.80. The van der Waals surface area contributed by atoms with Gasteiger partial charge in [-0.2, -0.15) is 0 Å². The molecule has 2 aliphatic carbocycles. The second kappa shape index (κ2) is 6.61. The summed E-state index contributed by atoms with van der Waals surface area (Å²) in [5.74, 6) is 0.869. The third kappa shape index (κ3) is 3.46. The standard InChI is InChI=1S/C14H27NO/c1-15-14(12-7-5-6-8-12)11-16-13-9-3-2-4-10-13/h12-15H,2-11H2,1H3. The highest BCUT2D eigenvalue weighted by Crippen LogP contribution is 2.28. The Morgan fingerprint density at radius 2 is 1.62 bits per heavy atom. The molecular weight excluding hydrogens is 198 g/mol. The third-order valence-electron chi connectivity index (χ3n) is 4.40. The molecule has 1 unspecified atom stereocenters. The maximum Gasteiger partial charge on any atom is 0.0625 e. The molecule has 2 nitrogen and oxygen atoms in total. The Morgan fingerprint density at radius 1 is 1.00 bits per heavy atom. The van der Waals surface area contributed by atoms with Crippen LogP contribution in [-0.4, -0.2) is 25.8 Å². The maximum absolute atomic E-state index is 6.09. The summed E-state index contributed by atoms with van der Waals surface area (Å²) in [5, 5.41) is 3.46. The summed E-state index contributed by atoms with van der Waals surface area (Å²) in [6.07, 6.45) is 13.0. The monoisotopic (exact) mass is 225 g/mol. The van der Waals surface area contributed by atoms with Gasteiger partial charge in [0.25, 0.3) is 0 Å². The summed E-state index contributed by atoms with van der Waals surface area (Å²) in [4.78, 5) is 0. The van der Waals surface area contributed by atoms with Gasteiger partial charge in [-0.05, 0) is 38.6 Å². The van der Waals surface area contributed by atoms with Gasteiger partial charge in [0, 0.05) is 6.04 Å². The van der Waals surface area contributed by atoms with Gasteiger partial charge in [-0.25, -0.2) is 0 Å². The Balaban J connectivity index is 1.69. The summed E-state index contributed by atoms with van der Waals surface area (Å²) in [6, 6.07) is 0.601. The summed E-state index contributed by atoms with van der Waals surface area (Å²) in [5.41, 5.74) is 0. The van der Waals surface area contributed by atoms with E-state index >= 15 is 0 Å². The van der Waals surface area contributed by atoms with Gasteiger partial charge < -0.3 is 10.1 Å². The van der Waals surface area contributed by atoms with E-state index in [4.69, 9.17) is 4.74 Å². The minimum atomic E-state index is 0.561. The molecule has 2 rings (SSSR count). The van der Waals surface area contributed by atoms with E-state index in [0.29, 0.717) is 12.1 Å². The van der Waals surface area contributed by atoms with Crippen LogP contribution in [-0.2, 0) is 4.74 Å². The van der Waals surface area contributed by atoms with Crippen molar-refractivity contribution in [3.05, 3.63) is 0 Å². The number of rotatable bonds is 5. The van der Waals surface area contributed by atoms with Crippen LogP contribution >= 0.6 is 0 Å². The van der Waals surface area contributed by atoms with Crippen molar-refractivity contribution < 1.29 is 4.74 Å². The van der Waals surface area contributed by atoms with Crippen molar-refractivity contribution in [3.63, 3.8) is 0 Å². The number of hydrogen-bond acceptors (Lipinski definition) is 2. The lowest BCUT2D eigenvalue weighted by molar-refractivity contribution is 0.00852. The quantitative estimate of drug-likeness (QED) is 0.776. The van der Waals surface area contributed by atoms with Crippen LogP contribution in [0, 0.1) is 5.92 Å². The minimum absolute atomic E-state index is 0.561. The van der Waals surface area contributed by atoms with Gasteiger partial charge in [-0.15, -0.1) is 0 Å². The Morgan fingerprint density at radius 3 is 2.25 bits per heavy atom. The van der Waals surface area contributed by atoms with Gasteiger partial charge in [-0.1, -0.05) is 32.1 Å². The van der Waals surface area contributed by atoms with E-state index in [1.165, 1.54) is 57.8 Å². The van der Waals surface area contributed by atoms with E-state index in [9.17, 15) is 0 Å². The Hall–Kier alpha value is -0.0800. The average molecular weight is 225 g/mol. The fourth-order valence-electron chi connectivity index (χ4n) is 3.29. The first-order valence-corrected chi connectivity index (χ1v) is 7.19. The van der Waals surface area contributed by atoms with Crippen LogP contribution in [0.25, 0.3) is 0 Å². The molecule has 2 saturated carbocycles. The highest BCUT2D eigenvalue weighted by Gasteiger charge is 2.25. The molecular formula is C14H27NO. The first-order chi connectivity index (χ1) is 7.90. The van der Waals surface area contributed by atoms with Gasteiger partial charge in [0.1, 0.15) is 0 Å². The maximum atomic E-state index is 6.09. The molecule has 0 aromatic carbocycles. The molecule has 0 aromatic heterocycles. The average Bonchev–Trinajstić information content (AvgIpc) is 2.85. The lowest BCUT2D eigenvalue weighted by Crippen LogP contribution is -2.38. The highest BCUT2D eigenvalue weighted by atomic mass is 16.5. The summed E-state index contributed by atoms with van der Waals surface area (Å²) >= 11 is 0. The van der Waals surface area contributed by atoms with E-state index < -0.39 is 0 Å². The van der Waals surface area contributed by atoms with Crippen LogP contribution in [0.1, 0.15) is 57.8 Å². The summed E-state index contributed by atoms with van der Waals surface area (Å²) in [7, 11) is 2.09. The Labute approximate surface area is 100 Å². The molecule has 16 heavy (non-hydrogen) atoms. The largest absolute Gasteiger partial charge is 0.377 e. The van der Waals surface area contributed by atoms with Gasteiger partial charge in [-0.3, -0.25) is 0 Å². The Kier molecular flexibility index (Phi) is 5.11. The lowest BCUT2D eigenvalue weighted by atomic mass is 9.96. The van der Waals surface area contributed by atoms with E-state index in [1.54, 1.807) is 0 Å². The van der Waals surface area contributed by atoms with Crippen LogP contribution in [0.4, 0.5) is 0 Å². The molecule has 2 fully saturated rings. The molecule has 0 saturated heterocycles. The molecule has 0 bridgehead atoms. The van der Waals surface area contributed by atoms with Crippen LogP contribution in [0.3, 0.4) is 0 Å². The molecule has 0 aromatic rings. The summed E-state index contributed by atoms with van der Waals surface area (Å²) < 4.78 is 6.09. The van der Waals surface area contributed by atoms with Gasteiger partial charge in [0.05, 0.1) is 12.7 Å². The Bertz CT molecular complexity index is 183. The molecule has 2 aliphatic rings. The second-order valence-corrected chi connectivity index (χ2v) is 5.53. The summed E-state index contributed by atoms with van der Waals surface area (Å²) in [6.45, 7) is 0.936. The number of likely N-dealkylation sites (N-methyl/N-ethyl adjacent to an activating group) is 1. The topological polar surface area (TPSA) is 21.3 Å². The van der Waals surface area contributed by atoms with Crippen molar-refractivity contribution in [1.29, 1.82) is 0 Å². The number of hydrogen-bond donors (Lipinski definition) is 1. The van der Waals surface area contributed by atoms with Gasteiger partial charge in [0.2, 0.25) is 0 Å². The SMILES string of the molecule is CNC(COC1CCCCC1)C1CCCC1. The molecule has 1 N–H and O–H groups in total. The van der Waals surface area contributed by atoms with Crippen LogP contribution in [0.5, 0.6) is 0 Å². The van der Waals surface area contributed by atoms with Crippen LogP contribution in [0.2, 0.25) is 0 Å². The third-order valence-corrected chi connectivity index (χ3v) is 4.40. The van der Waals surface area contributed by atoms with Crippen molar-refractivity contribution in [2.24, 2.45) is 5.92 Å². The van der Waals surface area contributed by atoms with Crippen LogP contribution in [0.15, 0.2) is 0 Å². The molecule has 0 aliphatic heterocycles. The molecule has 2 heteroatoms. The predicted octanol–water partition coefficient (Wildman–Crippen LogP) is 3.11. The van der Waals surface area contributed by atoms with E-state index in [0.717, 1.165) is 12.5 Å². The first kappa shape index (κ1) is 12.4. The fourth-order valence-corrected chi connectivity index (χ4v) is 3.29. The normalized spacial score (nSPS) is 26.1. The van der Waals surface area contributed by atoms with Crippen molar-refractivity contribution in [3.8, 4) is 0 Å². The van der Waals surface area contributed by atoms with Crippen LogP contribution < -0.4 is 5.32 Å². The smallest absolute Gasteiger partial charge is 0.0625 e. The van der Waals surface area contributed by atoms with E-state index in [2.05, 4.69) is 12.4 Å². The molecule has 0 heterocycles. The minimum Gasteiger partial charge on any atom is -0.377 e. The van der Waals surface area contributed by atoms with Crippen molar-refractivity contribution >= 4 is 0 Å². The molecule has 0 radical (unpaired) electrons. The molecule has 0 amide bonds. The molecule has 94 valence electrons. The predicted molar refractivity (Wildman–Crippen MR) is 67.6 cm³/mol. The first-order valence-electron chi connectivity index (χ1n) is 7.19. The van der Waals surface area contributed by atoms with Crippen molar-refractivity contribution in [2.45, 2.75) is 69.9 Å². The van der Waals surface area contributed by atoms with Crippen molar-refractivity contribution in [1.82, 2.24) is 5.32 Å². The van der Waals surface area contributed by atoms with Gasteiger partial charge in [0.15, 0.2) is 0 Å². The number of nitrogens with one attached hydrogen (secondary N) is 1. The zero-order valence-corrected chi connectivity index (χ0v) is 10.7. The lowest BCUT2D eigenvalue weighted by Gasteiger charge is -2.27. The second-order valence-electron chi connectivity index (χ2n) is 5.53. The van der Waals surface area contributed by atoms with E-state index in [1.807, 2.05) is 0 Å². The molecule has 0 spiro atoms. The van der Waals surface area contributed by atoms with Crippen molar-refractivity contribution in [2.75, 3.05) is 13.7 Å². The van der Waals surface area contributed by atoms with Gasteiger partial charge >= 0.3 is 0 Å². The number of ether oxygens (including phenoxy) is 1. The van der Waals surface area contributed by atoms with E-state index in [-0.39, 0.29) is 0 Å². The zero-order chi connectivity index (χ0) is 11.2.